The molecule has 1 unspecified atom stereocenters. The molecule has 2 heterocycles. The molecule has 5 rings (SSSR count). The van der Waals surface area contributed by atoms with Crippen LogP contribution >= 0.6 is 0 Å². The van der Waals surface area contributed by atoms with Gasteiger partial charge in [0.05, 0.1) is 24.5 Å². The van der Waals surface area contributed by atoms with Crippen LogP contribution in [0.15, 0.2) is 82.5 Å². The predicted octanol–water partition coefficient (Wildman–Crippen LogP) is 4.24. The number of amides is 1. The summed E-state index contributed by atoms with van der Waals surface area (Å²) in [5.41, 5.74) is 1.93. The molecule has 33 heavy (non-hydrogen) atoms. The number of hydrogen-bond acceptors (Lipinski definition) is 6. The smallest absolute Gasteiger partial charge is 0.317 e. The van der Waals surface area contributed by atoms with Crippen molar-refractivity contribution in [1.29, 1.82) is 0 Å². The first-order valence-corrected chi connectivity index (χ1v) is 10.9. The number of nitrogens with zero attached hydrogens (tertiary/aromatic N) is 2. The number of benzene rings is 2. The zero-order valence-electron chi connectivity index (χ0n) is 18.3. The van der Waals surface area contributed by atoms with Crippen LogP contribution in [0.1, 0.15) is 42.2 Å². The molecular weight excluding hydrogens is 420 g/mol. The van der Waals surface area contributed by atoms with Gasteiger partial charge in [0.15, 0.2) is 6.61 Å². The Labute approximate surface area is 191 Å². The van der Waals surface area contributed by atoms with Crippen LogP contribution in [0.25, 0.3) is 0 Å². The van der Waals surface area contributed by atoms with E-state index >= 15 is 0 Å². The predicted molar refractivity (Wildman–Crippen MR) is 121 cm³/mol. The molecule has 0 spiro atoms. The molecule has 2 aromatic carbocycles. The number of furan rings is 1. The van der Waals surface area contributed by atoms with Crippen molar-refractivity contribution in [2.45, 2.75) is 30.7 Å². The van der Waals surface area contributed by atoms with Crippen molar-refractivity contribution < 1.29 is 23.5 Å². The standard InChI is InChI=1S/C26H24N2O5/c1-31-20-11-9-18(10-12-20)21-16-22(23-8-5-15-32-23)28(27-21)24(29)17-33-25(30)26(13-14-26)19-6-3-2-4-7-19/h2-12,15,22H,13-14,16-17H2,1H3. The fourth-order valence-electron chi connectivity index (χ4n) is 4.23. The minimum Gasteiger partial charge on any atom is -0.497 e. The first-order chi connectivity index (χ1) is 16.1. The van der Waals surface area contributed by atoms with Gasteiger partial charge in [-0.15, -0.1) is 0 Å². The highest BCUT2D eigenvalue weighted by atomic mass is 16.5. The minimum atomic E-state index is -0.634. The molecule has 3 aromatic rings. The zero-order chi connectivity index (χ0) is 22.8. The second-order valence-corrected chi connectivity index (χ2v) is 8.27. The Morgan fingerprint density at radius 1 is 1.06 bits per heavy atom. The second kappa shape index (κ2) is 8.58. The summed E-state index contributed by atoms with van der Waals surface area (Å²) >= 11 is 0. The lowest BCUT2D eigenvalue weighted by atomic mass is 9.96. The molecule has 168 valence electrons. The molecule has 0 radical (unpaired) electrons. The molecular formula is C26H24N2O5. The van der Waals surface area contributed by atoms with Crippen LogP contribution in [0.5, 0.6) is 5.75 Å². The number of hydrazone groups is 1. The van der Waals surface area contributed by atoms with Crippen LogP contribution in [0.2, 0.25) is 0 Å². The third-order valence-electron chi connectivity index (χ3n) is 6.25. The average Bonchev–Trinajstić information content (AvgIpc) is 3.28. The SMILES string of the molecule is COc1ccc(C2=NN(C(=O)COC(=O)C3(c4ccccc4)CC3)C(c3ccco3)C2)cc1. The van der Waals surface area contributed by atoms with Crippen LogP contribution < -0.4 is 4.74 Å². The number of methoxy groups -OCH3 is 1. The second-order valence-electron chi connectivity index (χ2n) is 8.27. The third-order valence-corrected chi connectivity index (χ3v) is 6.25. The highest BCUT2D eigenvalue weighted by Crippen LogP contribution is 2.49. The van der Waals surface area contributed by atoms with E-state index in [0.717, 1.165) is 35.4 Å². The molecule has 7 heteroatoms. The van der Waals surface area contributed by atoms with Crippen LogP contribution in [0.4, 0.5) is 0 Å². The maximum absolute atomic E-state index is 13.1. The molecule has 1 aliphatic carbocycles. The lowest BCUT2D eigenvalue weighted by Crippen LogP contribution is -2.33. The highest BCUT2D eigenvalue weighted by molar-refractivity contribution is 6.03. The number of rotatable bonds is 7. The van der Waals surface area contributed by atoms with Gasteiger partial charge in [-0.1, -0.05) is 30.3 Å². The van der Waals surface area contributed by atoms with Crippen molar-refractivity contribution in [2.75, 3.05) is 13.7 Å². The van der Waals surface area contributed by atoms with Crippen LogP contribution in [0.3, 0.4) is 0 Å². The maximum Gasteiger partial charge on any atom is 0.317 e. The van der Waals surface area contributed by atoms with Gasteiger partial charge in [0.2, 0.25) is 0 Å². The highest BCUT2D eigenvalue weighted by Gasteiger charge is 2.53. The summed E-state index contributed by atoms with van der Waals surface area (Å²) in [6.45, 7) is -0.371. The summed E-state index contributed by atoms with van der Waals surface area (Å²) in [5, 5.41) is 5.94. The van der Waals surface area contributed by atoms with Crippen LogP contribution in [0, 0.1) is 0 Å². The van der Waals surface area contributed by atoms with Gasteiger partial charge in [-0.3, -0.25) is 9.59 Å². The van der Waals surface area contributed by atoms with Gasteiger partial charge >= 0.3 is 5.97 Å². The quantitative estimate of drug-likeness (QED) is 0.509. The summed E-state index contributed by atoms with van der Waals surface area (Å²) < 4.78 is 16.3. The summed E-state index contributed by atoms with van der Waals surface area (Å²) in [6.07, 6.45) is 3.51. The van der Waals surface area contributed by atoms with Gasteiger partial charge < -0.3 is 13.9 Å². The summed E-state index contributed by atoms with van der Waals surface area (Å²) in [7, 11) is 1.61. The van der Waals surface area contributed by atoms with E-state index in [2.05, 4.69) is 5.10 Å². The zero-order valence-corrected chi connectivity index (χ0v) is 18.3. The van der Waals surface area contributed by atoms with E-state index in [0.29, 0.717) is 12.2 Å². The normalized spacial score (nSPS) is 18.5. The van der Waals surface area contributed by atoms with Gasteiger partial charge in [-0.25, -0.2) is 5.01 Å². The first-order valence-electron chi connectivity index (χ1n) is 10.9. The topological polar surface area (TPSA) is 81.3 Å². The van der Waals surface area contributed by atoms with Crippen molar-refractivity contribution >= 4 is 17.6 Å². The molecule has 1 amide bonds. The molecule has 7 nitrogen and oxygen atoms in total. The van der Waals surface area contributed by atoms with Gasteiger partial charge in [0.25, 0.3) is 5.91 Å². The third kappa shape index (κ3) is 4.02. The molecule has 0 bridgehead atoms. The minimum absolute atomic E-state index is 0.366. The van der Waals surface area contributed by atoms with E-state index in [1.54, 1.807) is 19.4 Å². The first kappa shape index (κ1) is 21.0. The number of carbonyl (C=O) groups excluding carboxylic acids is 2. The van der Waals surface area contributed by atoms with Crippen molar-refractivity contribution in [3.8, 4) is 5.75 Å². The molecule has 1 fully saturated rings. The van der Waals surface area contributed by atoms with Crippen molar-refractivity contribution in [3.63, 3.8) is 0 Å². The lowest BCUT2D eigenvalue weighted by Gasteiger charge is -2.20. The van der Waals surface area contributed by atoms with E-state index in [1.807, 2.05) is 60.7 Å². The van der Waals surface area contributed by atoms with Crippen molar-refractivity contribution in [3.05, 3.63) is 89.9 Å². The molecule has 2 aliphatic rings. The van der Waals surface area contributed by atoms with E-state index in [1.165, 1.54) is 5.01 Å². The summed E-state index contributed by atoms with van der Waals surface area (Å²) in [6, 6.07) is 20.3. The van der Waals surface area contributed by atoms with Gasteiger partial charge in [-0.05, 0) is 60.4 Å². The Bertz CT molecular complexity index is 1170. The van der Waals surface area contributed by atoms with E-state index in [-0.39, 0.29) is 12.6 Å². The fraction of sp³-hybridized carbons (Fsp3) is 0.269. The van der Waals surface area contributed by atoms with Gasteiger partial charge in [-0.2, -0.15) is 5.10 Å². The molecule has 0 N–H and O–H groups in total. The van der Waals surface area contributed by atoms with Crippen molar-refractivity contribution in [1.82, 2.24) is 5.01 Å². The van der Waals surface area contributed by atoms with E-state index in [9.17, 15) is 9.59 Å². The van der Waals surface area contributed by atoms with Crippen LogP contribution in [-0.2, 0) is 19.7 Å². The maximum atomic E-state index is 13.1. The molecule has 1 aromatic heterocycles. The Balaban J connectivity index is 1.32. The van der Waals surface area contributed by atoms with Gasteiger partial charge in [0.1, 0.15) is 17.6 Å². The number of carbonyl (C=O) groups is 2. The molecule has 1 saturated carbocycles. The summed E-state index contributed by atoms with van der Waals surface area (Å²) in [5.74, 6) is 0.615. The number of hydrogen-bond donors (Lipinski definition) is 0. The average molecular weight is 444 g/mol. The fourth-order valence-corrected chi connectivity index (χ4v) is 4.23. The Hall–Kier alpha value is -3.87. The number of esters is 1. The number of ether oxygens (including phenoxy) is 2. The monoisotopic (exact) mass is 444 g/mol. The molecule has 1 atom stereocenters. The van der Waals surface area contributed by atoms with E-state index in [4.69, 9.17) is 13.9 Å². The largest absolute Gasteiger partial charge is 0.497 e. The Morgan fingerprint density at radius 3 is 2.45 bits per heavy atom. The molecule has 0 saturated heterocycles. The van der Waals surface area contributed by atoms with Crippen molar-refractivity contribution in [2.24, 2.45) is 5.10 Å². The summed E-state index contributed by atoms with van der Waals surface area (Å²) in [4.78, 5) is 25.9. The Morgan fingerprint density at radius 2 is 1.82 bits per heavy atom. The Kier molecular flexibility index (Phi) is 5.46. The lowest BCUT2D eigenvalue weighted by molar-refractivity contribution is -0.155. The van der Waals surface area contributed by atoms with Crippen LogP contribution in [-0.4, -0.2) is 36.3 Å². The molecule has 1 aliphatic heterocycles. The van der Waals surface area contributed by atoms with E-state index < -0.39 is 17.4 Å². The van der Waals surface area contributed by atoms with Gasteiger partial charge in [0, 0.05) is 6.42 Å².